The molecule has 4 aromatic rings. The van der Waals surface area contributed by atoms with E-state index in [1.807, 2.05) is 0 Å². The Hall–Kier alpha value is -3.82. The molecule has 2 N–H and O–H groups in total. The van der Waals surface area contributed by atoms with Gasteiger partial charge in [0.1, 0.15) is 0 Å². The molecule has 0 radical (unpaired) electrons. The molecular formula is C22H18Cl2N6O3. The second kappa shape index (κ2) is 9.76. The number of carbonyl (C=O) groups is 2. The van der Waals surface area contributed by atoms with Crippen LogP contribution in [0, 0.1) is 0 Å². The van der Waals surface area contributed by atoms with E-state index in [1.165, 1.54) is 4.68 Å². The second-order valence-electron chi connectivity index (χ2n) is 6.93. The third-order valence-electron chi connectivity index (χ3n) is 4.46. The predicted octanol–water partition coefficient (Wildman–Crippen LogP) is 4.46. The van der Waals surface area contributed by atoms with Crippen molar-refractivity contribution in [2.45, 2.75) is 6.73 Å². The topological polar surface area (TPSA) is 103 Å². The average Bonchev–Trinajstić information content (AvgIpc) is 3.43. The van der Waals surface area contributed by atoms with Crippen LogP contribution < -0.4 is 15.4 Å². The number of halogens is 2. The summed E-state index contributed by atoms with van der Waals surface area (Å²) in [5.74, 6) is -0.430. The Morgan fingerprint density at radius 2 is 1.45 bits per heavy atom. The van der Waals surface area contributed by atoms with Crippen LogP contribution in [0.5, 0.6) is 5.75 Å². The van der Waals surface area contributed by atoms with E-state index in [2.05, 4.69) is 20.8 Å². The first kappa shape index (κ1) is 22.4. The maximum absolute atomic E-state index is 12.6. The van der Waals surface area contributed by atoms with Crippen molar-refractivity contribution in [3.8, 4) is 5.75 Å². The smallest absolute Gasteiger partial charge is 0.276 e. The van der Waals surface area contributed by atoms with Gasteiger partial charge in [0.05, 0.1) is 10.0 Å². The van der Waals surface area contributed by atoms with Gasteiger partial charge in [0.15, 0.2) is 23.9 Å². The highest BCUT2D eigenvalue weighted by molar-refractivity contribution is 6.37. The lowest BCUT2D eigenvalue weighted by Crippen LogP contribution is -2.15. The number of anilines is 2. The molecule has 4 rings (SSSR count). The van der Waals surface area contributed by atoms with Crippen LogP contribution in [0.15, 0.2) is 67.0 Å². The van der Waals surface area contributed by atoms with Crippen molar-refractivity contribution in [1.82, 2.24) is 19.6 Å². The van der Waals surface area contributed by atoms with E-state index in [0.29, 0.717) is 27.2 Å². The Balaban J connectivity index is 1.37. The molecule has 33 heavy (non-hydrogen) atoms. The number of para-hydroxylation sites is 1. The monoisotopic (exact) mass is 484 g/mol. The Morgan fingerprint density at radius 3 is 2.06 bits per heavy atom. The zero-order chi connectivity index (χ0) is 23.4. The van der Waals surface area contributed by atoms with Crippen molar-refractivity contribution >= 4 is 46.4 Å². The van der Waals surface area contributed by atoms with Crippen LogP contribution in [-0.2, 0) is 13.8 Å². The molecule has 9 nitrogen and oxygen atoms in total. The average molecular weight is 485 g/mol. The molecule has 0 aliphatic carbocycles. The number of ether oxygens (including phenoxy) is 1. The van der Waals surface area contributed by atoms with Gasteiger partial charge >= 0.3 is 0 Å². The third kappa shape index (κ3) is 5.51. The summed E-state index contributed by atoms with van der Waals surface area (Å²) in [6.07, 6.45) is 3.28. The highest BCUT2D eigenvalue weighted by Crippen LogP contribution is 2.32. The molecule has 0 saturated carbocycles. The number of nitrogens with zero attached hydrogens (tertiary/aromatic N) is 4. The fourth-order valence-electron chi connectivity index (χ4n) is 2.91. The van der Waals surface area contributed by atoms with Crippen LogP contribution in [0.2, 0.25) is 10.0 Å². The molecule has 0 aliphatic heterocycles. The van der Waals surface area contributed by atoms with Crippen molar-refractivity contribution < 1.29 is 14.3 Å². The lowest BCUT2D eigenvalue weighted by Gasteiger charge is -2.09. The molecule has 0 saturated heterocycles. The summed E-state index contributed by atoms with van der Waals surface area (Å²) >= 11 is 12.2. The Labute approximate surface area is 198 Å². The summed E-state index contributed by atoms with van der Waals surface area (Å²) in [5.41, 5.74) is 1.48. The minimum absolute atomic E-state index is 0.0196. The molecular weight excluding hydrogens is 467 g/mol. The van der Waals surface area contributed by atoms with Crippen LogP contribution in [-0.4, -0.2) is 31.4 Å². The zero-order valence-corrected chi connectivity index (χ0v) is 18.8. The van der Waals surface area contributed by atoms with Crippen molar-refractivity contribution in [3.05, 3.63) is 88.4 Å². The van der Waals surface area contributed by atoms with E-state index >= 15 is 0 Å². The molecule has 2 amide bonds. The van der Waals surface area contributed by atoms with Gasteiger partial charge in [0.25, 0.3) is 11.8 Å². The molecule has 11 heteroatoms. The number of aromatic nitrogens is 4. The molecule has 0 fully saturated rings. The first-order valence-electron chi connectivity index (χ1n) is 9.72. The molecule has 0 spiro atoms. The summed E-state index contributed by atoms with van der Waals surface area (Å²) in [4.78, 5) is 24.9. The van der Waals surface area contributed by atoms with Gasteiger partial charge in [0, 0.05) is 30.8 Å². The van der Waals surface area contributed by atoms with Gasteiger partial charge in [-0.05, 0) is 42.5 Å². The van der Waals surface area contributed by atoms with E-state index in [0.717, 1.165) is 0 Å². The maximum atomic E-state index is 12.6. The third-order valence-corrected chi connectivity index (χ3v) is 5.05. The first-order valence-corrected chi connectivity index (χ1v) is 10.5. The number of benzene rings is 2. The Morgan fingerprint density at radius 1 is 0.879 bits per heavy atom. The Bertz CT molecular complexity index is 1300. The first-order chi connectivity index (χ1) is 15.9. The van der Waals surface area contributed by atoms with Gasteiger partial charge < -0.3 is 15.4 Å². The SMILES string of the molecule is Cn1ccc(C(=O)Nc2cccc(NC(=O)c3ccn(COc4c(Cl)cccc4Cl)n3)c2)n1. The molecule has 168 valence electrons. The van der Waals surface area contributed by atoms with Crippen LogP contribution in [0.1, 0.15) is 21.0 Å². The van der Waals surface area contributed by atoms with E-state index in [1.54, 1.807) is 78.7 Å². The van der Waals surface area contributed by atoms with Gasteiger partial charge in [-0.1, -0.05) is 35.3 Å². The molecule has 0 aliphatic rings. The van der Waals surface area contributed by atoms with Crippen molar-refractivity contribution in [3.63, 3.8) is 0 Å². The highest BCUT2D eigenvalue weighted by Gasteiger charge is 2.13. The van der Waals surface area contributed by atoms with Crippen molar-refractivity contribution in [2.75, 3.05) is 10.6 Å². The quantitative estimate of drug-likeness (QED) is 0.402. The fourth-order valence-corrected chi connectivity index (χ4v) is 3.41. The molecule has 2 aromatic carbocycles. The summed E-state index contributed by atoms with van der Waals surface area (Å²) in [6, 6.07) is 15.0. The lowest BCUT2D eigenvalue weighted by molar-refractivity contribution is 0.101. The minimum Gasteiger partial charge on any atom is -0.468 e. The maximum Gasteiger partial charge on any atom is 0.276 e. The largest absolute Gasteiger partial charge is 0.468 e. The number of hydrogen-bond donors (Lipinski definition) is 2. The van der Waals surface area contributed by atoms with E-state index in [4.69, 9.17) is 27.9 Å². The number of aryl methyl sites for hydroxylation is 1. The van der Waals surface area contributed by atoms with E-state index in [-0.39, 0.29) is 24.0 Å². The zero-order valence-electron chi connectivity index (χ0n) is 17.3. The standard InChI is InChI=1S/C22H18Cl2N6O3/c1-29-10-8-18(27-29)21(31)25-14-4-2-5-15(12-14)26-22(32)19-9-11-30(28-19)13-33-20-16(23)6-3-7-17(20)24/h2-12H,13H2,1H3,(H,25,31)(H,26,32). The highest BCUT2D eigenvalue weighted by atomic mass is 35.5. The summed E-state index contributed by atoms with van der Waals surface area (Å²) in [5, 5.41) is 14.5. The van der Waals surface area contributed by atoms with Gasteiger partial charge in [-0.2, -0.15) is 10.2 Å². The van der Waals surface area contributed by atoms with Gasteiger partial charge in [-0.25, -0.2) is 4.68 Å². The van der Waals surface area contributed by atoms with Gasteiger partial charge in [-0.3, -0.25) is 14.3 Å². The van der Waals surface area contributed by atoms with Crippen LogP contribution in [0.3, 0.4) is 0 Å². The number of carbonyl (C=O) groups excluding carboxylic acids is 2. The Kier molecular flexibility index (Phi) is 6.62. The second-order valence-corrected chi connectivity index (χ2v) is 7.74. The van der Waals surface area contributed by atoms with Gasteiger partial charge in [-0.15, -0.1) is 0 Å². The summed E-state index contributed by atoms with van der Waals surface area (Å²) < 4.78 is 8.60. The molecule has 0 bridgehead atoms. The van der Waals surface area contributed by atoms with Crippen molar-refractivity contribution in [1.29, 1.82) is 0 Å². The van der Waals surface area contributed by atoms with Crippen LogP contribution in [0.25, 0.3) is 0 Å². The van der Waals surface area contributed by atoms with Crippen molar-refractivity contribution in [2.24, 2.45) is 7.05 Å². The fraction of sp³-hybridized carbons (Fsp3) is 0.0909. The summed E-state index contributed by atoms with van der Waals surface area (Å²) in [6.45, 7) is 0.0196. The number of nitrogens with one attached hydrogen (secondary N) is 2. The summed E-state index contributed by atoms with van der Waals surface area (Å²) in [7, 11) is 1.73. The van der Waals surface area contributed by atoms with Crippen LogP contribution >= 0.6 is 23.2 Å². The number of amides is 2. The molecule has 0 atom stereocenters. The van der Waals surface area contributed by atoms with E-state index < -0.39 is 5.91 Å². The predicted molar refractivity (Wildman–Crippen MR) is 125 cm³/mol. The molecule has 2 heterocycles. The molecule has 0 unspecified atom stereocenters. The van der Waals surface area contributed by atoms with Gasteiger partial charge in [0.2, 0.25) is 0 Å². The van der Waals surface area contributed by atoms with Crippen LogP contribution in [0.4, 0.5) is 11.4 Å². The number of hydrogen-bond acceptors (Lipinski definition) is 5. The molecule has 2 aromatic heterocycles. The number of rotatable bonds is 7. The minimum atomic E-state index is -0.419. The normalized spacial score (nSPS) is 10.6. The lowest BCUT2D eigenvalue weighted by atomic mass is 10.2. The van der Waals surface area contributed by atoms with E-state index in [9.17, 15) is 9.59 Å².